The molecule has 0 bridgehead atoms. The molecule has 0 radical (unpaired) electrons. The Labute approximate surface area is 129 Å². The van der Waals surface area contributed by atoms with E-state index in [1.807, 2.05) is 24.5 Å². The molecule has 0 saturated carbocycles. The Balaban J connectivity index is 2.03. The molecule has 0 saturated heterocycles. The monoisotopic (exact) mass is 307 g/mol. The second-order valence-electron chi connectivity index (χ2n) is 5.14. The van der Waals surface area contributed by atoms with Gasteiger partial charge < -0.3 is 16.0 Å². The number of hydrogen-bond acceptors (Lipinski definition) is 4. The zero-order chi connectivity index (χ0) is 15.4. The molecule has 1 aromatic carbocycles. The van der Waals surface area contributed by atoms with Gasteiger partial charge in [-0.15, -0.1) is 0 Å². The lowest BCUT2D eigenvalue weighted by Gasteiger charge is -2.16. The first-order valence-electron chi connectivity index (χ1n) is 6.99. The van der Waals surface area contributed by atoms with Crippen LogP contribution >= 0.6 is 11.8 Å². The largest absolute Gasteiger partial charge is 0.325 e. The minimum Gasteiger partial charge on any atom is -0.325 e. The Hall–Kier alpha value is -1.53. The van der Waals surface area contributed by atoms with E-state index < -0.39 is 6.04 Å². The first-order valence-corrected chi connectivity index (χ1v) is 8.38. The first kappa shape index (κ1) is 15.9. The molecule has 3 N–H and O–H groups in total. The molecule has 0 aromatic heterocycles. The van der Waals surface area contributed by atoms with Crippen molar-refractivity contribution in [2.24, 2.45) is 5.73 Å². The van der Waals surface area contributed by atoms with E-state index in [0.717, 1.165) is 29.1 Å². The molecule has 1 heterocycles. The number of benzene rings is 1. The molecule has 0 unspecified atom stereocenters. The Kier molecular flexibility index (Phi) is 5.25. The summed E-state index contributed by atoms with van der Waals surface area (Å²) >= 11 is 1.68. The van der Waals surface area contributed by atoms with E-state index in [9.17, 15) is 9.59 Å². The van der Waals surface area contributed by atoms with Gasteiger partial charge in [-0.2, -0.15) is 11.8 Å². The van der Waals surface area contributed by atoms with E-state index in [2.05, 4.69) is 5.32 Å². The van der Waals surface area contributed by atoms with Crippen molar-refractivity contribution in [3.05, 3.63) is 23.8 Å². The number of rotatable bonds is 5. The maximum absolute atomic E-state index is 12.0. The summed E-state index contributed by atoms with van der Waals surface area (Å²) in [5.74, 6) is 0.752. The van der Waals surface area contributed by atoms with Gasteiger partial charge in [0.15, 0.2) is 0 Å². The van der Waals surface area contributed by atoms with Crippen molar-refractivity contribution in [3.63, 3.8) is 0 Å². The molecular weight excluding hydrogens is 286 g/mol. The van der Waals surface area contributed by atoms with Crippen LogP contribution < -0.4 is 16.0 Å². The SMILES string of the molecule is CSCC[C@@H](N)C(=O)Nc1ccc2c(c1)CCN2C(C)=O. The molecule has 114 valence electrons. The average molecular weight is 307 g/mol. The van der Waals surface area contributed by atoms with E-state index in [-0.39, 0.29) is 11.8 Å². The lowest BCUT2D eigenvalue weighted by molar-refractivity contribution is -0.117. The number of carbonyl (C=O) groups excluding carboxylic acids is 2. The van der Waals surface area contributed by atoms with Crippen LogP contribution in [0, 0.1) is 0 Å². The van der Waals surface area contributed by atoms with Crippen LogP contribution in [-0.2, 0) is 16.0 Å². The summed E-state index contributed by atoms with van der Waals surface area (Å²) in [5, 5.41) is 2.85. The van der Waals surface area contributed by atoms with Crippen molar-refractivity contribution in [1.29, 1.82) is 0 Å². The van der Waals surface area contributed by atoms with Crippen LogP contribution in [0.1, 0.15) is 18.9 Å². The van der Waals surface area contributed by atoms with Crippen LogP contribution in [0.3, 0.4) is 0 Å². The second-order valence-corrected chi connectivity index (χ2v) is 6.13. The first-order chi connectivity index (χ1) is 10.0. The molecule has 5 nitrogen and oxygen atoms in total. The smallest absolute Gasteiger partial charge is 0.241 e. The molecule has 1 aromatic rings. The van der Waals surface area contributed by atoms with Crippen molar-refractivity contribution >= 4 is 35.0 Å². The van der Waals surface area contributed by atoms with Crippen molar-refractivity contribution in [1.82, 2.24) is 0 Å². The minimum atomic E-state index is -0.487. The third kappa shape index (κ3) is 3.77. The number of thioether (sulfide) groups is 1. The Morgan fingerprint density at radius 1 is 1.48 bits per heavy atom. The van der Waals surface area contributed by atoms with Crippen LogP contribution in [0.25, 0.3) is 0 Å². The number of nitrogens with one attached hydrogen (secondary N) is 1. The van der Waals surface area contributed by atoms with E-state index in [1.54, 1.807) is 23.6 Å². The van der Waals surface area contributed by atoms with Gasteiger partial charge in [0.25, 0.3) is 0 Å². The van der Waals surface area contributed by atoms with Gasteiger partial charge in [-0.1, -0.05) is 0 Å². The van der Waals surface area contributed by atoms with E-state index in [0.29, 0.717) is 13.0 Å². The van der Waals surface area contributed by atoms with Gasteiger partial charge in [0, 0.05) is 24.8 Å². The molecular formula is C15H21N3O2S. The number of nitrogens with zero attached hydrogens (tertiary/aromatic N) is 1. The highest BCUT2D eigenvalue weighted by Crippen LogP contribution is 2.30. The molecule has 1 aliphatic heterocycles. The minimum absolute atomic E-state index is 0.0459. The van der Waals surface area contributed by atoms with Gasteiger partial charge in [0.05, 0.1) is 6.04 Å². The number of carbonyl (C=O) groups is 2. The molecule has 0 aliphatic carbocycles. The quantitative estimate of drug-likeness (QED) is 0.866. The van der Waals surface area contributed by atoms with Crippen molar-refractivity contribution in [2.75, 3.05) is 28.8 Å². The van der Waals surface area contributed by atoms with Crippen molar-refractivity contribution < 1.29 is 9.59 Å². The van der Waals surface area contributed by atoms with Crippen LogP contribution in [0.2, 0.25) is 0 Å². The van der Waals surface area contributed by atoms with Gasteiger partial charge in [-0.25, -0.2) is 0 Å². The summed E-state index contributed by atoms with van der Waals surface area (Å²) in [6.45, 7) is 2.27. The van der Waals surface area contributed by atoms with Gasteiger partial charge in [0.2, 0.25) is 11.8 Å². The standard InChI is InChI=1S/C15H21N3O2S/c1-10(19)18-7-5-11-9-12(3-4-14(11)18)17-15(20)13(16)6-8-21-2/h3-4,9,13H,5-8,16H2,1-2H3,(H,17,20)/t13-/m1/s1. The molecule has 21 heavy (non-hydrogen) atoms. The van der Waals surface area contributed by atoms with Crippen molar-refractivity contribution in [3.8, 4) is 0 Å². The van der Waals surface area contributed by atoms with E-state index >= 15 is 0 Å². The topological polar surface area (TPSA) is 75.4 Å². The highest BCUT2D eigenvalue weighted by atomic mass is 32.2. The average Bonchev–Trinajstić information content (AvgIpc) is 2.87. The highest BCUT2D eigenvalue weighted by molar-refractivity contribution is 7.98. The number of nitrogens with two attached hydrogens (primary N) is 1. The lowest BCUT2D eigenvalue weighted by atomic mass is 10.1. The summed E-state index contributed by atoms with van der Waals surface area (Å²) in [5.41, 5.74) is 8.61. The Morgan fingerprint density at radius 3 is 2.90 bits per heavy atom. The van der Waals surface area contributed by atoms with E-state index in [4.69, 9.17) is 5.73 Å². The highest BCUT2D eigenvalue weighted by Gasteiger charge is 2.22. The number of fused-ring (bicyclic) bond motifs is 1. The van der Waals surface area contributed by atoms with Crippen molar-refractivity contribution in [2.45, 2.75) is 25.8 Å². The van der Waals surface area contributed by atoms with Crippen LogP contribution in [0.15, 0.2) is 18.2 Å². The second kappa shape index (κ2) is 6.95. The number of anilines is 2. The lowest BCUT2D eigenvalue weighted by Crippen LogP contribution is -2.36. The van der Waals surface area contributed by atoms with Gasteiger partial charge in [0.1, 0.15) is 0 Å². The molecule has 2 rings (SSSR count). The maximum atomic E-state index is 12.0. The summed E-state index contributed by atoms with van der Waals surface area (Å²) in [6.07, 6.45) is 3.47. The zero-order valence-corrected chi connectivity index (χ0v) is 13.2. The predicted molar refractivity (Wildman–Crippen MR) is 87.8 cm³/mol. The zero-order valence-electron chi connectivity index (χ0n) is 12.4. The van der Waals surface area contributed by atoms with Gasteiger partial charge >= 0.3 is 0 Å². The Morgan fingerprint density at radius 2 is 2.24 bits per heavy atom. The third-order valence-corrected chi connectivity index (χ3v) is 4.24. The molecule has 1 aliphatic rings. The predicted octanol–water partition coefficient (Wildman–Crippen LogP) is 1.61. The fourth-order valence-electron chi connectivity index (χ4n) is 2.42. The Bertz CT molecular complexity index is 548. The van der Waals surface area contributed by atoms with Gasteiger partial charge in [-0.3, -0.25) is 9.59 Å². The number of amides is 2. The third-order valence-electron chi connectivity index (χ3n) is 3.59. The van der Waals surface area contributed by atoms with E-state index in [1.165, 1.54) is 0 Å². The van der Waals surface area contributed by atoms with Crippen LogP contribution in [-0.4, -0.2) is 36.4 Å². The maximum Gasteiger partial charge on any atom is 0.241 e. The normalized spacial score (nSPS) is 14.7. The summed E-state index contributed by atoms with van der Waals surface area (Å²) in [7, 11) is 0. The fraction of sp³-hybridized carbons (Fsp3) is 0.467. The summed E-state index contributed by atoms with van der Waals surface area (Å²) < 4.78 is 0. The molecule has 0 fully saturated rings. The fourth-order valence-corrected chi connectivity index (χ4v) is 2.91. The molecule has 2 amide bonds. The van der Waals surface area contributed by atoms with Crippen LogP contribution in [0.4, 0.5) is 11.4 Å². The summed E-state index contributed by atoms with van der Waals surface area (Å²) in [4.78, 5) is 25.2. The van der Waals surface area contributed by atoms with Gasteiger partial charge in [-0.05, 0) is 48.6 Å². The molecule has 0 spiro atoms. The molecule has 1 atom stereocenters. The molecule has 6 heteroatoms. The summed E-state index contributed by atoms with van der Waals surface area (Å²) in [6, 6.07) is 5.14. The number of hydrogen-bond donors (Lipinski definition) is 2. The van der Waals surface area contributed by atoms with Crippen LogP contribution in [0.5, 0.6) is 0 Å².